The summed E-state index contributed by atoms with van der Waals surface area (Å²) < 4.78 is 10.2. The molecule has 0 amide bonds. The Labute approximate surface area is 282 Å². The zero-order chi connectivity index (χ0) is 35.0. The number of rotatable bonds is 11. The zero-order valence-electron chi connectivity index (χ0n) is 26.9. The second kappa shape index (κ2) is 18.5. The number of anilines is 3. The molecular formula is C32H37BN10O6. The van der Waals surface area contributed by atoms with Gasteiger partial charge in [0.2, 0.25) is 11.6 Å². The van der Waals surface area contributed by atoms with Gasteiger partial charge in [0, 0.05) is 28.0 Å². The number of aliphatic hydroxyl groups is 2. The number of aromatic nitrogens is 8. The van der Waals surface area contributed by atoms with Crippen molar-refractivity contribution >= 4 is 29.6 Å². The van der Waals surface area contributed by atoms with Crippen LogP contribution < -0.4 is 26.0 Å². The number of hydrogen-bond acceptors (Lipinski definition) is 14. The molecule has 254 valence electrons. The van der Waals surface area contributed by atoms with Gasteiger partial charge >= 0.3 is 7.12 Å². The number of benzene rings is 4. The van der Waals surface area contributed by atoms with Crippen molar-refractivity contribution in [2.75, 3.05) is 38.5 Å². The quantitative estimate of drug-likeness (QED) is 0.0848. The van der Waals surface area contributed by atoms with Crippen LogP contribution in [0.2, 0.25) is 0 Å². The molecule has 49 heavy (non-hydrogen) atoms. The second-order valence-electron chi connectivity index (χ2n) is 9.94. The topological polar surface area (TPSA) is 225 Å². The maximum Gasteiger partial charge on any atom is 0.492 e. The van der Waals surface area contributed by atoms with E-state index in [9.17, 15) is 0 Å². The monoisotopic (exact) mass is 668 g/mol. The lowest BCUT2D eigenvalue weighted by Crippen LogP contribution is -2.30. The third kappa shape index (κ3) is 10.1. The Balaban J connectivity index is 0.000000179. The Morgan fingerprint density at radius 3 is 1.69 bits per heavy atom. The highest BCUT2D eigenvalue weighted by Gasteiger charge is 2.15. The number of nitrogen functional groups attached to an aromatic ring is 1. The van der Waals surface area contributed by atoms with E-state index in [0.717, 1.165) is 28.3 Å². The van der Waals surface area contributed by atoms with Gasteiger partial charge < -0.3 is 40.8 Å². The number of nitrogens with two attached hydrogens (primary N) is 1. The van der Waals surface area contributed by atoms with Crippen LogP contribution >= 0.6 is 0 Å². The van der Waals surface area contributed by atoms with Crippen molar-refractivity contribution in [2.45, 2.75) is 13.1 Å². The minimum atomic E-state index is -1.47. The van der Waals surface area contributed by atoms with Crippen LogP contribution in [-0.2, 0) is 13.1 Å². The molecule has 0 atom stereocenters. The molecule has 6 rings (SSSR count). The van der Waals surface area contributed by atoms with Gasteiger partial charge in [0.05, 0.1) is 46.2 Å². The molecule has 17 heteroatoms. The lowest BCUT2D eigenvalue weighted by molar-refractivity contribution is 0.259. The van der Waals surface area contributed by atoms with Crippen molar-refractivity contribution in [3.8, 4) is 34.3 Å². The number of para-hydroxylation sites is 5. The average Bonchev–Trinajstić information content (AvgIpc) is 3.80. The summed E-state index contributed by atoms with van der Waals surface area (Å²) >= 11 is 0. The lowest BCUT2D eigenvalue weighted by Gasteiger charge is -2.13. The molecule has 6 aromatic rings. The van der Waals surface area contributed by atoms with E-state index in [-0.39, 0.29) is 13.2 Å². The molecule has 4 aromatic carbocycles. The van der Waals surface area contributed by atoms with E-state index in [1.807, 2.05) is 66.7 Å². The van der Waals surface area contributed by atoms with Gasteiger partial charge in [-0.15, -0.1) is 20.4 Å². The van der Waals surface area contributed by atoms with Crippen molar-refractivity contribution in [3.63, 3.8) is 0 Å². The van der Waals surface area contributed by atoms with Crippen molar-refractivity contribution < 1.29 is 29.7 Å². The fraction of sp³-hybridized carbons (Fsp3) is 0.188. The number of tetrazole rings is 2. The Morgan fingerprint density at radius 2 is 1.14 bits per heavy atom. The standard InChI is InChI=1S/C16H17N5O2.C9H11N5O.C7H9BO3/c1-23-15-9-5-4-8-14(15)17-13-7-3-2-6-12(13)16-18-20-21(19-16)10-11-22;10-8-4-2-1-3-7(8)9-11-13-14(12-9)5-6-15;1-11-7-5-3-2-4-6(7)8(9)10/h2-9,17,22H,10-11H2,1H3;1-4,15H,5-6,10H2;2-5,9-10H,1H3. The van der Waals surface area contributed by atoms with Crippen LogP contribution in [0.1, 0.15) is 0 Å². The van der Waals surface area contributed by atoms with Crippen molar-refractivity contribution in [1.29, 1.82) is 0 Å². The zero-order valence-corrected chi connectivity index (χ0v) is 26.9. The Morgan fingerprint density at radius 1 is 0.653 bits per heavy atom. The summed E-state index contributed by atoms with van der Waals surface area (Å²) in [7, 11) is 1.65. The molecule has 0 unspecified atom stereocenters. The third-order valence-corrected chi connectivity index (χ3v) is 6.67. The van der Waals surface area contributed by atoms with Crippen LogP contribution in [0.5, 0.6) is 11.5 Å². The highest BCUT2D eigenvalue weighted by atomic mass is 16.5. The number of hydrogen-bond donors (Lipinski definition) is 6. The van der Waals surface area contributed by atoms with E-state index in [0.29, 0.717) is 41.6 Å². The van der Waals surface area contributed by atoms with E-state index < -0.39 is 7.12 Å². The molecular weight excluding hydrogens is 631 g/mol. The van der Waals surface area contributed by atoms with E-state index in [1.54, 1.807) is 37.4 Å². The summed E-state index contributed by atoms with van der Waals surface area (Å²) in [5.41, 5.74) is 10.0. The second-order valence-corrected chi connectivity index (χ2v) is 9.94. The Hall–Kier alpha value is -5.88. The highest BCUT2D eigenvalue weighted by molar-refractivity contribution is 6.59. The van der Waals surface area contributed by atoms with E-state index in [2.05, 4.69) is 36.1 Å². The molecule has 0 aliphatic carbocycles. The normalized spacial score (nSPS) is 10.2. The summed E-state index contributed by atoms with van der Waals surface area (Å²) in [6, 6.07) is 29.4. The van der Waals surface area contributed by atoms with Crippen LogP contribution in [0, 0.1) is 0 Å². The van der Waals surface area contributed by atoms with Crippen LogP contribution in [0.3, 0.4) is 0 Å². The summed E-state index contributed by atoms with van der Waals surface area (Å²) in [6.07, 6.45) is 0. The van der Waals surface area contributed by atoms with Gasteiger partial charge in [-0.05, 0) is 52.9 Å². The molecule has 0 radical (unpaired) electrons. The molecule has 2 aromatic heterocycles. The number of nitrogens with zero attached hydrogens (tertiary/aromatic N) is 8. The van der Waals surface area contributed by atoms with Crippen molar-refractivity contribution in [3.05, 3.63) is 97.1 Å². The van der Waals surface area contributed by atoms with Gasteiger partial charge in [0.1, 0.15) is 11.5 Å². The molecule has 7 N–H and O–H groups in total. The maximum absolute atomic E-state index is 8.95. The van der Waals surface area contributed by atoms with Gasteiger partial charge in [-0.1, -0.05) is 54.6 Å². The minimum Gasteiger partial charge on any atom is -0.497 e. The summed E-state index contributed by atoms with van der Waals surface area (Å²) in [5, 5.41) is 62.6. The highest BCUT2D eigenvalue weighted by Crippen LogP contribution is 2.32. The van der Waals surface area contributed by atoms with Gasteiger partial charge in [-0.25, -0.2) is 0 Å². The first kappa shape index (κ1) is 36.0. The van der Waals surface area contributed by atoms with Crippen molar-refractivity contribution in [2.24, 2.45) is 0 Å². The van der Waals surface area contributed by atoms with Gasteiger partial charge in [0.15, 0.2) is 0 Å². The van der Waals surface area contributed by atoms with Crippen LogP contribution in [-0.4, -0.2) is 95.2 Å². The predicted octanol–water partition coefficient (Wildman–Crippen LogP) is 1.37. The largest absolute Gasteiger partial charge is 0.497 e. The van der Waals surface area contributed by atoms with Gasteiger partial charge in [-0.3, -0.25) is 0 Å². The molecule has 0 fully saturated rings. The molecule has 2 heterocycles. The fourth-order valence-electron chi connectivity index (χ4n) is 4.33. The number of ether oxygens (including phenoxy) is 2. The number of methoxy groups -OCH3 is 2. The Kier molecular flexibility index (Phi) is 13.6. The predicted molar refractivity (Wildman–Crippen MR) is 184 cm³/mol. The first-order valence-electron chi connectivity index (χ1n) is 15.0. The molecule has 0 saturated heterocycles. The first-order valence-corrected chi connectivity index (χ1v) is 15.0. The SMILES string of the molecule is COc1ccccc1B(O)O.COc1ccccc1Nc1ccccc1-c1nnn(CCO)n1.Nc1ccccc1-c1nnn(CCO)n1. The summed E-state index contributed by atoms with van der Waals surface area (Å²) in [5.74, 6) is 2.21. The van der Waals surface area contributed by atoms with E-state index in [4.69, 9.17) is 35.5 Å². The first-order chi connectivity index (χ1) is 23.9. The van der Waals surface area contributed by atoms with Crippen LogP contribution in [0.15, 0.2) is 97.1 Å². The van der Waals surface area contributed by atoms with E-state index in [1.165, 1.54) is 16.7 Å². The Bertz CT molecular complexity index is 1890. The van der Waals surface area contributed by atoms with Gasteiger partial charge in [-0.2, -0.15) is 9.59 Å². The fourth-order valence-corrected chi connectivity index (χ4v) is 4.33. The molecule has 0 aliphatic heterocycles. The molecule has 0 spiro atoms. The van der Waals surface area contributed by atoms with Crippen LogP contribution in [0.25, 0.3) is 22.8 Å². The van der Waals surface area contributed by atoms with Gasteiger partial charge in [0.25, 0.3) is 0 Å². The lowest BCUT2D eigenvalue weighted by atomic mass is 9.80. The number of aliphatic hydroxyl groups excluding tert-OH is 2. The average molecular weight is 669 g/mol. The van der Waals surface area contributed by atoms with E-state index >= 15 is 0 Å². The summed E-state index contributed by atoms with van der Waals surface area (Å²) in [4.78, 5) is 2.71. The van der Waals surface area contributed by atoms with Crippen LogP contribution in [0.4, 0.5) is 17.1 Å². The molecule has 0 saturated carbocycles. The van der Waals surface area contributed by atoms with Crippen molar-refractivity contribution in [1.82, 2.24) is 40.4 Å². The number of nitrogens with one attached hydrogen (secondary N) is 1. The molecule has 0 bridgehead atoms. The summed E-state index contributed by atoms with van der Waals surface area (Å²) in [6.45, 7) is 0.603. The smallest absolute Gasteiger partial charge is 0.492 e. The minimum absolute atomic E-state index is 0.0138. The third-order valence-electron chi connectivity index (χ3n) is 6.67. The maximum atomic E-state index is 8.95. The molecule has 16 nitrogen and oxygen atoms in total. The molecule has 0 aliphatic rings.